The minimum atomic E-state index is -0.318. The monoisotopic (exact) mass is 350 g/mol. The van der Waals surface area contributed by atoms with Gasteiger partial charge in [-0.2, -0.15) is 0 Å². The second-order valence-electron chi connectivity index (χ2n) is 6.44. The van der Waals surface area contributed by atoms with Gasteiger partial charge in [0.2, 0.25) is 0 Å². The Balaban J connectivity index is 1.73. The number of fused-ring (bicyclic) bond motifs is 1. The number of aromatic hydroxyl groups is 1. The minimum Gasteiger partial charge on any atom is -0.508 e. The first kappa shape index (κ1) is 16.1. The van der Waals surface area contributed by atoms with Gasteiger partial charge in [0.1, 0.15) is 11.3 Å². The number of aromatic amines is 1. The molecule has 1 aliphatic rings. The van der Waals surface area contributed by atoms with Crippen LogP contribution >= 0.6 is 0 Å². The van der Waals surface area contributed by atoms with E-state index >= 15 is 0 Å². The lowest BCUT2D eigenvalue weighted by molar-refractivity contribution is 0.0719. The van der Waals surface area contributed by atoms with Gasteiger partial charge >= 0.3 is 0 Å². The average Bonchev–Trinajstić information content (AvgIpc) is 3.11. The van der Waals surface area contributed by atoms with Crippen molar-refractivity contribution < 1.29 is 9.90 Å². The molecule has 7 nitrogen and oxygen atoms in total. The van der Waals surface area contributed by atoms with Gasteiger partial charge in [0.25, 0.3) is 11.5 Å². The van der Waals surface area contributed by atoms with E-state index in [1.807, 2.05) is 6.07 Å². The number of phenolic OH excluding ortho intramolecular Hbond substituents is 1. The molecule has 26 heavy (non-hydrogen) atoms. The number of hydrogen-bond donors (Lipinski definition) is 2. The molecule has 4 rings (SSSR count). The summed E-state index contributed by atoms with van der Waals surface area (Å²) in [6.45, 7) is 0.750. The maximum absolute atomic E-state index is 13.0. The predicted octanol–water partition coefficient (Wildman–Crippen LogP) is 1.60. The lowest BCUT2D eigenvalue weighted by Crippen LogP contribution is -2.41. The van der Waals surface area contributed by atoms with Crippen molar-refractivity contribution in [2.75, 3.05) is 6.54 Å². The Morgan fingerprint density at radius 3 is 2.96 bits per heavy atom. The molecule has 0 bridgehead atoms. The zero-order valence-corrected chi connectivity index (χ0v) is 14.2. The lowest BCUT2D eigenvalue weighted by Gasteiger charge is -2.32. The van der Waals surface area contributed by atoms with Gasteiger partial charge in [-0.15, -0.1) is 0 Å². The van der Waals surface area contributed by atoms with Crippen molar-refractivity contribution in [2.45, 2.75) is 12.5 Å². The Morgan fingerprint density at radius 2 is 2.15 bits per heavy atom. The normalized spacial score (nSPS) is 16.3. The van der Waals surface area contributed by atoms with Crippen LogP contribution in [0.5, 0.6) is 5.75 Å². The van der Waals surface area contributed by atoms with Crippen LogP contribution < -0.4 is 5.56 Å². The largest absolute Gasteiger partial charge is 0.508 e. The molecule has 2 N–H and O–H groups in total. The summed E-state index contributed by atoms with van der Waals surface area (Å²) >= 11 is 0. The number of benzene rings is 1. The van der Waals surface area contributed by atoms with Crippen molar-refractivity contribution in [1.82, 2.24) is 19.4 Å². The van der Waals surface area contributed by atoms with Gasteiger partial charge in [-0.25, -0.2) is 4.98 Å². The summed E-state index contributed by atoms with van der Waals surface area (Å²) < 4.78 is 1.39. The Morgan fingerprint density at radius 1 is 1.31 bits per heavy atom. The summed E-state index contributed by atoms with van der Waals surface area (Å²) in [6, 6.07) is 10.2. The van der Waals surface area contributed by atoms with Crippen molar-refractivity contribution in [1.29, 1.82) is 0 Å². The number of hydrogen-bond acceptors (Lipinski definition) is 4. The first-order valence-electron chi connectivity index (χ1n) is 8.30. The van der Waals surface area contributed by atoms with Crippen molar-refractivity contribution >= 4 is 5.91 Å². The highest BCUT2D eigenvalue weighted by molar-refractivity contribution is 5.94. The summed E-state index contributed by atoms with van der Waals surface area (Å²) in [5.74, 6) is -0.315. The van der Waals surface area contributed by atoms with E-state index in [-0.39, 0.29) is 28.7 Å². The second-order valence-corrected chi connectivity index (χ2v) is 6.44. The smallest absolute Gasteiger partial charge is 0.263 e. The van der Waals surface area contributed by atoms with E-state index < -0.39 is 0 Å². The number of nitrogens with one attached hydrogen (secondary N) is 1. The molecule has 0 spiro atoms. The molecule has 1 aromatic carbocycles. The molecule has 0 fully saturated rings. The fourth-order valence-electron chi connectivity index (χ4n) is 3.41. The fraction of sp³-hybridized carbons (Fsp3) is 0.211. The zero-order valence-electron chi connectivity index (χ0n) is 14.2. The molecule has 0 aliphatic carbocycles. The van der Waals surface area contributed by atoms with Crippen LogP contribution in [0, 0.1) is 0 Å². The SMILES string of the molecule is Cn1cccc(C(=O)N2Cc3[nH]cnc3C(c3cccc(O)c3)C2)c1=O. The Kier molecular flexibility index (Phi) is 3.84. The molecule has 3 aromatic rings. The number of aromatic nitrogens is 3. The Hall–Kier alpha value is -3.35. The number of carbonyl (C=O) groups is 1. The molecule has 1 amide bonds. The fourth-order valence-corrected chi connectivity index (χ4v) is 3.41. The van der Waals surface area contributed by atoms with Gasteiger partial charge in [0.15, 0.2) is 0 Å². The third-order valence-corrected chi connectivity index (χ3v) is 4.75. The number of H-pyrrole nitrogens is 1. The van der Waals surface area contributed by atoms with Gasteiger partial charge in [-0.1, -0.05) is 12.1 Å². The molecule has 1 atom stereocenters. The number of carbonyl (C=O) groups excluding carboxylic acids is 1. The van der Waals surface area contributed by atoms with Crippen LogP contribution in [-0.4, -0.2) is 37.0 Å². The van der Waals surface area contributed by atoms with Gasteiger partial charge in [-0.3, -0.25) is 9.59 Å². The lowest BCUT2D eigenvalue weighted by atomic mass is 9.90. The van der Waals surface area contributed by atoms with Crippen molar-refractivity contribution in [3.8, 4) is 5.75 Å². The summed E-state index contributed by atoms with van der Waals surface area (Å²) in [5, 5.41) is 9.81. The van der Waals surface area contributed by atoms with E-state index in [1.54, 1.807) is 54.8 Å². The van der Waals surface area contributed by atoms with Crippen LogP contribution in [-0.2, 0) is 13.6 Å². The second kappa shape index (κ2) is 6.18. The van der Waals surface area contributed by atoms with Crippen LogP contribution in [0.2, 0.25) is 0 Å². The quantitative estimate of drug-likeness (QED) is 0.734. The number of phenols is 1. The van der Waals surface area contributed by atoms with Crippen molar-refractivity contribution in [3.05, 3.63) is 81.8 Å². The first-order chi connectivity index (χ1) is 12.5. The van der Waals surface area contributed by atoms with Crippen LogP contribution in [0.15, 0.2) is 53.7 Å². The summed E-state index contributed by atoms with van der Waals surface area (Å²) in [5.41, 5.74) is 2.40. The van der Waals surface area contributed by atoms with Crippen LogP contribution in [0.25, 0.3) is 0 Å². The summed E-state index contributed by atoms with van der Waals surface area (Å²) in [6.07, 6.45) is 3.23. The average molecular weight is 350 g/mol. The number of rotatable bonds is 2. The molecule has 0 saturated heterocycles. The standard InChI is InChI=1S/C19H18N4O3/c1-22-7-3-6-14(18(22)25)19(26)23-9-15(12-4-2-5-13(24)8-12)17-16(10-23)20-11-21-17/h2-8,11,15,24H,9-10H2,1H3,(H,20,21). The molecule has 2 aromatic heterocycles. The highest BCUT2D eigenvalue weighted by Crippen LogP contribution is 2.33. The molecule has 7 heteroatoms. The maximum atomic E-state index is 13.0. The molecule has 0 radical (unpaired) electrons. The van der Waals surface area contributed by atoms with Crippen LogP contribution in [0.4, 0.5) is 0 Å². The third kappa shape index (κ3) is 2.67. The topological polar surface area (TPSA) is 91.2 Å². The molecule has 0 saturated carbocycles. The van der Waals surface area contributed by atoms with E-state index in [2.05, 4.69) is 9.97 Å². The van der Waals surface area contributed by atoms with E-state index in [1.165, 1.54) is 4.57 Å². The third-order valence-electron chi connectivity index (χ3n) is 4.75. The molecule has 3 heterocycles. The number of imidazole rings is 1. The number of nitrogens with zero attached hydrogens (tertiary/aromatic N) is 3. The molecule has 132 valence electrons. The highest BCUT2D eigenvalue weighted by Gasteiger charge is 2.32. The highest BCUT2D eigenvalue weighted by atomic mass is 16.3. The maximum Gasteiger partial charge on any atom is 0.263 e. The van der Waals surface area contributed by atoms with Gasteiger partial charge in [-0.05, 0) is 29.8 Å². The predicted molar refractivity (Wildman–Crippen MR) is 95.0 cm³/mol. The van der Waals surface area contributed by atoms with E-state index in [4.69, 9.17) is 0 Å². The molecular weight excluding hydrogens is 332 g/mol. The first-order valence-corrected chi connectivity index (χ1v) is 8.30. The van der Waals surface area contributed by atoms with Crippen LogP contribution in [0.1, 0.15) is 33.2 Å². The van der Waals surface area contributed by atoms with E-state index in [0.717, 1.165) is 17.0 Å². The Bertz CT molecular complexity index is 1040. The molecule has 1 aliphatic heterocycles. The van der Waals surface area contributed by atoms with Gasteiger partial charge in [0.05, 0.1) is 24.3 Å². The van der Waals surface area contributed by atoms with Crippen molar-refractivity contribution in [2.24, 2.45) is 7.05 Å². The minimum absolute atomic E-state index is 0.146. The number of amides is 1. The summed E-state index contributed by atoms with van der Waals surface area (Å²) in [7, 11) is 1.62. The van der Waals surface area contributed by atoms with Crippen LogP contribution in [0.3, 0.4) is 0 Å². The number of pyridine rings is 1. The number of aryl methyl sites for hydroxylation is 1. The van der Waals surface area contributed by atoms with Crippen molar-refractivity contribution in [3.63, 3.8) is 0 Å². The van der Waals surface area contributed by atoms with Gasteiger partial charge in [0, 0.05) is 25.7 Å². The molecule has 1 unspecified atom stereocenters. The van der Waals surface area contributed by atoms with Gasteiger partial charge < -0.3 is 19.6 Å². The van der Waals surface area contributed by atoms with E-state index in [0.29, 0.717) is 13.1 Å². The Labute approximate surface area is 149 Å². The summed E-state index contributed by atoms with van der Waals surface area (Å²) in [4.78, 5) is 34.4. The zero-order chi connectivity index (χ0) is 18.3. The van der Waals surface area contributed by atoms with E-state index in [9.17, 15) is 14.7 Å². The molecular formula is C19H18N4O3.